The zero-order chi connectivity index (χ0) is 11.7. The Bertz CT molecular complexity index is 660. The van der Waals surface area contributed by atoms with E-state index in [1.807, 2.05) is 49.5 Å². The molecule has 3 heterocycles. The van der Waals surface area contributed by atoms with E-state index >= 15 is 0 Å². The number of pyridine rings is 3. The fourth-order valence-corrected chi connectivity index (χ4v) is 1.72. The first-order chi connectivity index (χ1) is 8.33. The van der Waals surface area contributed by atoms with Crippen molar-refractivity contribution in [3.05, 3.63) is 54.4 Å². The topological polar surface area (TPSA) is 38.7 Å². The molecule has 0 aliphatic rings. The molecule has 0 spiro atoms. The van der Waals surface area contributed by atoms with Gasteiger partial charge in [-0.05, 0) is 42.8 Å². The Morgan fingerprint density at radius 2 is 1.71 bits per heavy atom. The molecule has 0 radical (unpaired) electrons. The molecule has 0 N–H and O–H groups in total. The highest BCUT2D eigenvalue weighted by Gasteiger charge is 2.02. The molecule has 3 heteroatoms. The predicted molar refractivity (Wildman–Crippen MR) is 67.5 cm³/mol. The van der Waals surface area contributed by atoms with Crippen molar-refractivity contribution >= 4 is 11.0 Å². The van der Waals surface area contributed by atoms with Gasteiger partial charge in [0.25, 0.3) is 0 Å². The van der Waals surface area contributed by atoms with E-state index in [0.29, 0.717) is 0 Å². The van der Waals surface area contributed by atoms with Gasteiger partial charge in [-0.25, -0.2) is 4.98 Å². The Balaban J connectivity index is 2.14. The maximum absolute atomic E-state index is 4.55. The van der Waals surface area contributed by atoms with Gasteiger partial charge in [0.05, 0.1) is 22.4 Å². The van der Waals surface area contributed by atoms with Gasteiger partial charge in [0.15, 0.2) is 0 Å². The number of fused-ring (bicyclic) bond motifs is 1. The second kappa shape index (κ2) is 3.94. The van der Waals surface area contributed by atoms with E-state index in [1.165, 1.54) is 0 Å². The lowest BCUT2D eigenvalue weighted by Crippen LogP contribution is -1.89. The molecule has 0 aliphatic heterocycles. The molecule has 0 aliphatic carbocycles. The number of nitrogens with zero attached hydrogens (tertiary/aromatic N) is 3. The average Bonchev–Trinajstić information content (AvgIpc) is 2.39. The van der Waals surface area contributed by atoms with Gasteiger partial charge in [0.1, 0.15) is 0 Å². The highest BCUT2D eigenvalue weighted by atomic mass is 14.8. The molecule has 0 fully saturated rings. The third kappa shape index (κ3) is 1.87. The molecule has 0 amide bonds. The first-order valence-corrected chi connectivity index (χ1v) is 5.48. The van der Waals surface area contributed by atoms with E-state index in [0.717, 1.165) is 28.0 Å². The van der Waals surface area contributed by atoms with Gasteiger partial charge >= 0.3 is 0 Å². The standard InChI is InChI=1S/C14H11N3/c1-10-4-5-12(16-9-10)14-7-6-11-13(17-14)3-2-8-15-11/h2-9H,1H3. The second-order valence-electron chi connectivity index (χ2n) is 3.96. The molecule has 0 saturated carbocycles. The number of aromatic nitrogens is 3. The molecule has 0 aromatic carbocycles. The van der Waals surface area contributed by atoms with Gasteiger partial charge in [-0.15, -0.1) is 0 Å². The minimum atomic E-state index is 0.880. The molecule has 0 unspecified atom stereocenters. The van der Waals surface area contributed by atoms with Gasteiger partial charge in [-0.3, -0.25) is 9.97 Å². The number of hydrogen-bond donors (Lipinski definition) is 0. The van der Waals surface area contributed by atoms with Crippen LogP contribution in [0.5, 0.6) is 0 Å². The molecule has 3 nitrogen and oxygen atoms in total. The molecule has 82 valence electrons. The third-order valence-electron chi connectivity index (χ3n) is 2.63. The SMILES string of the molecule is Cc1ccc(-c2ccc3ncccc3n2)nc1. The smallest absolute Gasteiger partial charge is 0.0895 e. The van der Waals surface area contributed by atoms with Crippen molar-refractivity contribution in [1.82, 2.24) is 15.0 Å². The zero-order valence-corrected chi connectivity index (χ0v) is 9.46. The van der Waals surface area contributed by atoms with Crippen LogP contribution in [-0.4, -0.2) is 15.0 Å². The summed E-state index contributed by atoms with van der Waals surface area (Å²) in [6.45, 7) is 2.02. The van der Waals surface area contributed by atoms with Crippen molar-refractivity contribution < 1.29 is 0 Å². The number of aryl methyl sites for hydroxylation is 1. The van der Waals surface area contributed by atoms with Crippen molar-refractivity contribution in [3.63, 3.8) is 0 Å². The van der Waals surface area contributed by atoms with E-state index in [4.69, 9.17) is 0 Å². The zero-order valence-electron chi connectivity index (χ0n) is 9.46. The van der Waals surface area contributed by atoms with Crippen LogP contribution in [0, 0.1) is 6.92 Å². The lowest BCUT2D eigenvalue weighted by atomic mass is 10.2. The first-order valence-electron chi connectivity index (χ1n) is 5.48. The fraction of sp³-hybridized carbons (Fsp3) is 0.0714. The normalized spacial score (nSPS) is 10.6. The van der Waals surface area contributed by atoms with E-state index in [-0.39, 0.29) is 0 Å². The summed E-state index contributed by atoms with van der Waals surface area (Å²) in [5.41, 5.74) is 4.72. The van der Waals surface area contributed by atoms with E-state index in [2.05, 4.69) is 15.0 Å². The lowest BCUT2D eigenvalue weighted by molar-refractivity contribution is 1.23. The van der Waals surface area contributed by atoms with Crippen LogP contribution in [0.25, 0.3) is 22.4 Å². The molecule has 0 saturated heterocycles. The highest BCUT2D eigenvalue weighted by molar-refractivity contribution is 5.76. The average molecular weight is 221 g/mol. The first kappa shape index (κ1) is 9.90. The van der Waals surface area contributed by atoms with Crippen LogP contribution in [0.1, 0.15) is 5.56 Å². The van der Waals surface area contributed by atoms with Crippen molar-refractivity contribution in [3.8, 4) is 11.4 Å². The number of rotatable bonds is 1. The predicted octanol–water partition coefficient (Wildman–Crippen LogP) is 3.00. The maximum atomic E-state index is 4.55. The van der Waals surface area contributed by atoms with Gasteiger partial charge in [0, 0.05) is 12.4 Å². The minimum Gasteiger partial charge on any atom is -0.255 e. The number of hydrogen-bond acceptors (Lipinski definition) is 3. The monoisotopic (exact) mass is 221 g/mol. The summed E-state index contributed by atoms with van der Waals surface area (Å²) in [6, 6.07) is 11.8. The van der Waals surface area contributed by atoms with Gasteiger partial charge in [-0.2, -0.15) is 0 Å². The van der Waals surface area contributed by atoms with Crippen molar-refractivity contribution in [1.29, 1.82) is 0 Å². The van der Waals surface area contributed by atoms with E-state index < -0.39 is 0 Å². The summed E-state index contributed by atoms with van der Waals surface area (Å²) >= 11 is 0. The Kier molecular flexibility index (Phi) is 2.29. The Morgan fingerprint density at radius 1 is 0.824 bits per heavy atom. The van der Waals surface area contributed by atoms with E-state index in [9.17, 15) is 0 Å². The fourth-order valence-electron chi connectivity index (χ4n) is 1.72. The van der Waals surface area contributed by atoms with Crippen LogP contribution in [0.2, 0.25) is 0 Å². The summed E-state index contributed by atoms with van der Waals surface area (Å²) in [6.07, 6.45) is 3.62. The summed E-state index contributed by atoms with van der Waals surface area (Å²) in [7, 11) is 0. The molecular weight excluding hydrogens is 210 g/mol. The largest absolute Gasteiger partial charge is 0.255 e. The minimum absolute atomic E-state index is 0.880. The van der Waals surface area contributed by atoms with Crippen molar-refractivity contribution in [2.24, 2.45) is 0 Å². The van der Waals surface area contributed by atoms with Crippen LogP contribution in [-0.2, 0) is 0 Å². The third-order valence-corrected chi connectivity index (χ3v) is 2.63. The molecule has 3 rings (SSSR count). The Hall–Kier alpha value is -2.29. The van der Waals surface area contributed by atoms with Crippen molar-refractivity contribution in [2.75, 3.05) is 0 Å². The summed E-state index contributed by atoms with van der Waals surface area (Å²) < 4.78 is 0. The Morgan fingerprint density at radius 3 is 2.53 bits per heavy atom. The van der Waals surface area contributed by atoms with Gasteiger partial charge < -0.3 is 0 Å². The van der Waals surface area contributed by atoms with Crippen LogP contribution >= 0.6 is 0 Å². The quantitative estimate of drug-likeness (QED) is 0.634. The van der Waals surface area contributed by atoms with Crippen LogP contribution in [0.4, 0.5) is 0 Å². The highest BCUT2D eigenvalue weighted by Crippen LogP contribution is 2.17. The molecule has 3 aromatic heterocycles. The summed E-state index contributed by atoms with van der Waals surface area (Å²) in [5.74, 6) is 0. The Labute approximate surface area is 99.2 Å². The molecule has 0 bridgehead atoms. The molecule has 0 atom stereocenters. The van der Waals surface area contributed by atoms with Crippen LogP contribution in [0.15, 0.2) is 48.8 Å². The van der Waals surface area contributed by atoms with Crippen LogP contribution < -0.4 is 0 Å². The second-order valence-corrected chi connectivity index (χ2v) is 3.96. The van der Waals surface area contributed by atoms with Crippen molar-refractivity contribution in [2.45, 2.75) is 6.92 Å². The summed E-state index contributed by atoms with van der Waals surface area (Å²) in [4.78, 5) is 13.2. The van der Waals surface area contributed by atoms with Gasteiger partial charge in [-0.1, -0.05) is 6.07 Å². The molecule has 3 aromatic rings. The molecular formula is C14H11N3. The van der Waals surface area contributed by atoms with Crippen LogP contribution in [0.3, 0.4) is 0 Å². The molecule has 17 heavy (non-hydrogen) atoms. The van der Waals surface area contributed by atoms with Gasteiger partial charge in [0.2, 0.25) is 0 Å². The maximum Gasteiger partial charge on any atom is 0.0895 e. The van der Waals surface area contributed by atoms with E-state index in [1.54, 1.807) is 6.20 Å². The summed E-state index contributed by atoms with van der Waals surface area (Å²) in [5, 5.41) is 0. The lowest BCUT2D eigenvalue weighted by Gasteiger charge is -2.02.